The number of ketones is 1. The van der Waals surface area contributed by atoms with E-state index in [1.54, 1.807) is 53.7 Å². The molecule has 1 heterocycles. The molecule has 9 heteroatoms. The summed E-state index contributed by atoms with van der Waals surface area (Å²) in [6, 6.07) is 7.33. The number of hydrogen-bond acceptors (Lipinski definition) is 7. The number of carbonyl (C=O) groups is 3. The second kappa shape index (κ2) is 11.5. The van der Waals surface area contributed by atoms with Gasteiger partial charge in [-0.1, -0.05) is 38.1 Å². The van der Waals surface area contributed by atoms with E-state index in [2.05, 4.69) is 19.2 Å². The summed E-state index contributed by atoms with van der Waals surface area (Å²) in [5.41, 5.74) is 12.9. The molecule has 0 spiro atoms. The fourth-order valence-corrected chi connectivity index (χ4v) is 3.37. The second-order valence-corrected chi connectivity index (χ2v) is 11.2. The molecule has 0 radical (unpaired) electrons. The van der Waals surface area contributed by atoms with Gasteiger partial charge in [0, 0.05) is 11.3 Å². The zero-order valence-electron chi connectivity index (χ0n) is 23.1. The number of rotatable bonds is 8. The minimum atomic E-state index is -0.704. The van der Waals surface area contributed by atoms with Gasteiger partial charge in [0.15, 0.2) is 11.5 Å². The first kappa shape index (κ1) is 29.5. The smallest absolute Gasteiger partial charge is 0.407 e. The lowest BCUT2D eigenvalue weighted by atomic mass is 9.98. The van der Waals surface area contributed by atoms with Crippen LogP contribution < -0.4 is 16.8 Å². The number of nitrogens with two attached hydrogens (primary N) is 2. The lowest BCUT2D eigenvalue weighted by Gasteiger charge is -2.23. The van der Waals surface area contributed by atoms with Crippen molar-refractivity contribution in [2.24, 2.45) is 11.5 Å². The number of alkyl carbamates (subject to hydrolysis) is 1. The highest BCUT2D eigenvalue weighted by molar-refractivity contribution is 6.15. The van der Waals surface area contributed by atoms with E-state index in [1.165, 1.54) is 17.1 Å². The first-order valence-corrected chi connectivity index (χ1v) is 12.3. The SMILES string of the molecule is CC(C)c1ccc(C(=O)C2=C(OC(C)(C)C)C(=O)N(/C(N)=C/C=C(\N)CNC(=O)OC(C)(C)C)C2)cc1. The molecular weight excluding hydrogens is 472 g/mol. The molecule has 0 aromatic heterocycles. The van der Waals surface area contributed by atoms with Crippen molar-refractivity contribution in [2.45, 2.75) is 72.5 Å². The van der Waals surface area contributed by atoms with E-state index in [4.69, 9.17) is 20.9 Å². The van der Waals surface area contributed by atoms with Gasteiger partial charge in [0.1, 0.15) is 17.0 Å². The summed E-state index contributed by atoms with van der Waals surface area (Å²) < 4.78 is 11.1. The Morgan fingerprint density at radius 3 is 2.14 bits per heavy atom. The van der Waals surface area contributed by atoms with Crippen molar-refractivity contribution in [2.75, 3.05) is 13.1 Å². The zero-order valence-corrected chi connectivity index (χ0v) is 23.1. The maximum absolute atomic E-state index is 13.4. The van der Waals surface area contributed by atoms with Crippen molar-refractivity contribution < 1.29 is 23.9 Å². The van der Waals surface area contributed by atoms with Gasteiger partial charge in [0.2, 0.25) is 0 Å². The van der Waals surface area contributed by atoms with Crippen LogP contribution in [0.3, 0.4) is 0 Å². The minimum Gasteiger partial charge on any atom is -0.482 e. The Morgan fingerprint density at radius 2 is 1.62 bits per heavy atom. The van der Waals surface area contributed by atoms with E-state index in [0.717, 1.165) is 5.56 Å². The van der Waals surface area contributed by atoms with Crippen LogP contribution in [0.15, 0.2) is 59.3 Å². The first-order chi connectivity index (χ1) is 17.0. The third-order valence-corrected chi connectivity index (χ3v) is 5.17. The number of nitrogens with zero attached hydrogens (tertiary/aromatic N) is 1. The molecule has 2 amide bonds. The van der Waals surface area contributed by atoms with Gasteiger partial charge in [-0.25, -0.2) is 4.79 Å². The third-order valence-electron chi connectivity index (χ3n) is 5.17. The average molecular weight is 513 g/mol. The molecule has 1 aromatic carbocycles. The standard InChI is InChI=1S/C28H40N4O5/c1-17(2)18-9-11-19(12-10-18)23(33)21-16-32(25(34)24(21)36-27(3,4)5)22(30)14-13-20(29)15-31-26(35)37-28(6,7)8/h9-14,17H,15-16,29-30H2,1-8H3,(H,31,35)/b20-13-,22-14+. The van der Waals surface area contributed by atoms with Gasteiger partial charge in [-0.05, 0) is 65.2 Å². The third kappa shape index (κ3) is 8.70. The Labute approximate surface area is 219 Å². The molecule has 202 valence electrons. The topological polar surface area (TPSA) is 137 Å². The lowest BCUT2D eigenvalue weighted by molar-refractivity contribution is -0.129. The van der Waals surface area contributed by atoms with Crippen molar-refractivity contribution >= 4 is 17.8 Å². The fourth-order valence-electron chi connectivity index (χ4n) is 3.37. The molecule has 0 saturated heterocycles. The maximum Gasteiger partial charge on any atom is 0.407 e. The number of Topliss-reactive ketones (excluding diaryl/α,β-unsaturated/α-hetero) is 1. The Kier molecular flexibility index (Phi) is 9.19. The number of carbonyl (C=O) groups excluding carboxylic acids is 3. The minimum absolute atomic E-state index is 0.0228. The largest absolute Gasteiger partial charge is 0.482 e. The Balaban J connectivity index is 2.23. The highest BCUT2D eigenvalue weighted by Crippen LogP contribution is 2.29. The molecule has 9 nitrogen and oxygen atoms in total. The molecule has 0 atom stereocenters. The molecular formula is C28H40N4O5. The first-order valence-electron chi connectivity index (χ1n) is 12.3. The normalized spacial score (nSPS) is 15.4. The molecule has 5 N–H and O–H groups in total. The van der Waals surface area contributed by atoms with Crippen LogP contribution in [0.2, 0.25) is 0 Å². The van der Waals surface area contributed by atoms with Crippen LogP contribution in [0.25, 0.3) is 0 Å². The molecule has 1 aliphatic heterocycles. The van der Waals surface area contributed by atoms with Crippen molar-refractivity contribution in [3.05, 3.63) is 70.4 Å². The van der Waals surface area contributed by atoms with Crippen LogP contribution in [0.1, 0.15) is 77.2 Å². The van der Waals surface area contributed by atoms with E-state index in [0.29, 0.717) is 17.2 Å². The van der Waals surface area contributed by atoms with Crippen LogP contribution in [0.5, 0.6) is 0 Å². The lowest BCUT2D eigenvalue weighted by Crippen LogP contribution is -2.34. The Morgan fingerprint density at radius 1 is 1.03 bits per heavy atom. The van der Waals surface area contributed by atoms with Crippen molar-refractivity contribution in [3.8, 4) is 0 Å². The number of allylic oxidation sites excluding steroid dienone is 2. The second-order valence-electron chi connectivity index (χ2n) is 11.2. The predicted molar refractivity (Wildman–Crippen MR) is 143 cm³/mol. The van der Waals surface area contributed by atoms with Crippen LogP contribution in [0, 0.1) is 0 Å². The van der Waals surface area contributed by atoms with Crippen molar-refractivity contribution in [3.63, 3.8) is 0 Å². The summed E-state index contributed by atoms with van der Waals surface area (Å²) in [6.45, 7) is 14.8. The van der Waals surface area contributed by atoms with E-state index < -0.39 is 23.2 Å². The predicted octanol–water partition coefficient (Wildman–Crippen LogP) is 4.07. The van der Waals surface area contributed by atoms with Gasteiger partial charge < -0.3 is 26.3 Å². The maximum atomic E-state index is 13.4. The monoisotopic (exact) mass is 512 g/mol. The molecule has 0 bridgehead atoms. The molecule has 37 heavy (non-hydrogen) atoms. The molecule has 0 saturated carbocycles. The molecule has 2 rings (SSSR count). The van der Waals surface area contributed by atoms with Gasteiger partial charge in [-0.15, -0.1) is 0 Å². The summed E-state index contributed by atoms with van der Waals surface area (Å²) in [5.74, 6) is -0.417. The zero-order chi connectivity index (χ0) is 28.1. The van der Waals surface area contributed by atoms with Gasteiger partial charge in [0.25, 0.3) is 5.91 Å². The van der Waals surface area contributed by atoms with E-state index in [1.807, 2.05) is 12.1 Å². The number of ether oxygens (including phenoxy) is 2. The molecule has 0 fully saturated rings. The summed E-state index contributed by atoms with van der Waals surface area (Å²) in [7, 11) is 0. The molecule has 1 aromatic rings. The molecule has 0 unspecified atom stereocenters. The Bertz CT molecular complexity index is 1120. The quantitative estimate of drug-likeness (QED) is 0.353. The van der Waals surface area contributed by atoms with Crippen LogP contribution in [-0.4, -0.2) is 47.0 Å². The Hall–Kier alpha value is -3.75. The van der Waals surface area contributed by atoms with E-state index >= 15 is 0 Å². The van der Waals surface area contributed by atoms with Gasteiger partial charge in [-0.3, -0.25) is 14.5 Å². The van der Waals surface area contributed by atoms with Crippen molar-refractivity contribution in [1.29, 1.82) is 0 Å². The van der Waals surface area contributed by atoms with Gasteiger partial charge >= 0.3 is 6.09 Å². The number of amides is 2. The van der Waals surface area contributed by atoms with Crippen LogP contribution in [0.4, 0.5) is 4.79 Å². The highest BCUT2D eigenvalue weighted by atomic mass is 16.6. The number of nitrogens with one attached hydrogen (secondary N) is 1. The number of hydrogen-bond donors (Lipinski definition) is 3. The number of benzene rings is 1. The van der Waals surface area contributed by atoms with Crippen LogP contribution in [-0.2, 0) is 14.3 Å². The summed E-state index contributed by atoms with van der Waals surface area (Å²) in [6.07, 6.45) is 2.33. The average Bonchev–Trinajstić information content (AvgIpc) is 3.09. The van der Waals surface area contributed by atoms with Crippen LogP contribution >= 0.6 is 0 Å². The van der Waals surface area contributed by atoms with Gasteiger partial charge in [0.05, 0.1) is 18.7 Å². The highest BCUT2D eigenvalue weighted by Gasteiger charge is 2.38. The van der Waals surface area contributed by atoms with Crippen molar-refractivity contribution in [1.82, 2.24) is 10.2 Å². The van der Waals surface area contributed by atoms with E-state index in [-0.39, 0.29) is 36.0 Å². The summed E-state index contributed by atoms with van der Waals surface area (Å²) >= 11 is 0. The summed E-state index contributed by atoms with van der Waals surface area (Å²) in [5, 5.41) is 2.55. The molecule has 0 aliphatic carbocycles. The summed E-state index contributed by atoms with van der Waals surface area (Å²) in [4.78, 5) is 39.7. The fraction of sp³-hybridized carbons (Fsp3) is 0.464. The molecule has 1 aliphatic rings. The van der Waals surface area contributed by atoms with E-state index in [9.17, 15) is 14.4 Å². The van der Waals surface area contributed by atoms with Gasteiger partial charge in [-0.2, -0.15) is 0 Å².